The average Bonchev–Trinajstić information content (AvgIpc) is 2.54. The van der Waals surface area contributed by atoms with Crippen molar-refractivity contribution in [2.75, 3.05) is 20.3 Å². The highest BCUT2D eigenvalue weighted by Gasteiger charge is 2.31. The molecule has 2 rings (SSSR count). The smallest absolute Gasteiger partial charge is 0.387 e. The van der Waals surface area contributed by atoms with Crippen LogP contribution in [0.25, 0.3) is 0 Å². The van der Waals surface area contributed by atoms with Crippen molar-refractivity contribution >= 4 is 23.3 Å². The average molecular weight is 372 g/mol. The van der Waals surface area contributed by atoms with Gasteiger partial charge in [0.1, 0.15) is 12.4 Å². The van der Waals surface area contributed by atoms with Gasteiger partial charge in [0.25, 0.3) is 0 Å². The molecule has 0 saturated carbocycles. The van der Waals surface area contributed by atoms with Crippen LogP contribution in [-0.2, 0) is 14.3 Å². The molecule has 0 unspecified atom stereocenters. The largest absolute Gasteiger partial charge is 0.460 e. The van der Waals surface area contributed by atoms with Gasteiger partial charge >= 0.3 is 12.6 Å². The fraction of sp³-hybridized carbons (Fsp3) is 0.375. The summed E-state index contributed by atoms with van der Waals surface area (Å²) in [4.78, 5) is 12.4. The first-order chi connectivity index (χ1) is 11.9. The van der Waals surface area contributed by atoms with E-state index in [0.717, 1.165) is 0 Å². The summed E-state index contributed by atoms with van der Waals surface area (Å²) in [5, 5.41) is 6.22. The Balaban J connectivity index is 2.24. The van der Waals surface area contributed by atoms with E-state index in [1.807, 2.05) is 0 Å². The predicted molar refractivity (Wildman–Crippen MR) is 90.2 cm³/mol. The molecule has 0 amide bonds. The third kappa shape index (κ3) is 5.10. The Morgan fingerprint density at radius 1 is 1.28 bits per heavy atom. The Labute approximate surface area is 149 Å². The van der Waals surface area contributed by atoms with Crippen LogP contribution in [0.4, 0.5) is 8.78 Å². The zero-order chi connectivity index (χ0) is 18.4. The van der Waals surface area contributed by atoms with Gasteiger partial charge < -0.3 is 24.8 Å². The number of alkyl halides is 2. The minimum Gasteiger partial charge on any atom is -0.460 e. The van der Waals surface area contributed by atoms with Crippen molar-refractivity contribution < 1.29 is 27.8 Å². The van der Waals surface area contributed by atoms with Crippen molar-refractivity contribution in [1.29, 1.82) is 0 Å². The molecule has 0 spiro atoms. The van der Waals surface area contributed by atoms with E-state index >= 15 is 0 Å². The number of allylic oxidation sites excluding steroid dienone is 1. The van der Waals surface area contributed by atoms with Crippen LogP contribution >= 0.6 is 12.2 Å². The van der Waals surface area contributed by atoms with Gasteiger partial charge in [0.15, 0.2) is 5.11 Å². The lowest BCUT2D eigenvalue weighted by Crippen LogP contribution is -2.45. The van der Waals surface area contributed by atoms with E-state index in [4.69, 9.17) is 21.7 Å². The standard InChI is InChI=1S/C16H18F2N2O4S/c1-9-12(14(21)23-8-7-22-2)13(20-16(25)19-9)10-3-5-11(6-4-10)24-15(17)18/h3-6,13,15H,7-8H2,1-2H3,(H2,19,20,25)/t13-/m0/s1. The number of esters is 1. The number of rotatable bonds is 7. The zero-order valence-electron chi connectivity index (χ0n) is 13.7. The maximum absolute atomic E-state index is 12.4. The molecule has 0 fully saturated rings. The van der Waals surface area contributed by atoms with Crippen LogP contribution in [0.1, 0.15) is 18.5 Å². The first-order valence-corrected chi connectivity index (χ1v) is 7.82. The number of benzene rings is 1. The summed E-state index contributed by atoms with van der Waals surface area (Å²) < 4.78 is 38.9. The number of nitrogens with one attached hydrogen (secondary N) is 2. The SMILES string of the molecule is COCCOC(=O)C1=C(C)NC(=S)N[C@H]1c1ccc(OC(F)F)cc1. The van der Waals surface area contributed by atoms with Crippen LogP contribution in [0.3, 0.4) is 0 Å². The van der Waals surface area contributed by atoms with E-state index in [-0.39, 0.29) is 19.0 Å². The highest BCUT2D eigenvalue weighted by atomic mass is 32.1. The number of methoxy groups -OCH3 is 1. The number of carbonyl (C=O) groups is 1. The van der Waals surface area contributed by atoms with Gasteiger partial charge in [-0.3, -0.25) is 0 Å². The molecular formula is C16H18F2N2O4S. The minimum atomic E-state index is -2.90. The molecular weight excluding hydrogens is 354 g/mol. The van der Waals surface area contributed by atoms with Crippen molar-refractivity contribution in [3.8, 4) is 5.75 Å². The van der Waals surface area contributed by atoms with Gasteiger partial charge in [-0.25, -0.2) is 4.79 Å². The van der Waals surface area contributed by atoms with Gasteiger partial charge in [-0.1, -0.05) is 12.1 Å². The van der Waals surface area contributed by atoms with E-state index < -0.39 is 18.6 Å². The summed E-state index contributed by atoms with van der Waals surface area (Å²) in [6, 6.07) is 5.40. The Morgan fingerprint density at radius 2 is 1.96 bits per heavy atom. The molecule has 2 N–H and O–H groups in total. The molecule has 9 heteroatoms. The summed E-state index contributed by atoms with van der Waals surface area (Å²) in [6.45, 7) is -0.795. The topological polar surface area (TPSA) is 68.8 Å². The number of halogens is 2. The molecule has 25 heavy (non-hydrogen) atoms. The molecule has 0 aliphatic carbocycles. The van der Waals surface area contributed by atoms with Crippen molar-refractivity contribution in [2.24, 2.45) is 0 Å². The highest BCUT2D eigenvalue weighted by molar-refractivity contribution is 7.80. The first kappa shape index (κ1) is 19.1. The fourth-order valence-electron chi connectivity index (χ4n) is 2.35. The van der Waals surface area contributed by atoms with Crippen LogP contribution in [0.5, 0.6) is 5.75 Å². The molecule has 1 aliphatic rings. The molecule has 0 saturated heterocycles. The third-order valence-corrected chi connectivity index (χ3v) is 3.67. The van der Waals surface area contributed by atoms with Crippen LogP contribution in [-0.4, -0.2) is 38.0 Å². The number of hydrogen-bond acceptors (Lipinski definition) is 5. The van der Waals surface area contributed by atoms with Gasteiger partial charge in [0.05, 0.1) is 18.2 Å². The predicted octanol–water partition coefficient (Wildman–Crippen LogP) is 2.27. The molecule has 1 aromatic carbocycles. The van der Waals surface area contributed by atoms with Gasteiger partial charge in [-0.2, -0.15) is 8.78 Å². The fourth-order valence-corrected chi connectivity index (χ4v) is 2.62. The lowest BCUT2D eigenvalue weighted by molar-refractivity contribution is -0.140. The van der Waals surface area contributed by atoms with Gasteiger partial charge in [0.2, 0.25) is 0 Å². The van der Waals surface area contributed by atoms with Gasteiger partial charge in [-0.15, -0.1) is 0 Å². The number of hydrogen-bond donors (Lipinski definition) is 2. The van der Waals surface area contributed by atoms with E-state index in [2.05, 4.69) is 15.4 Å². The van der Waals surface area contributed by atoms with Crippen LogP contribution < -0.4 is 15.4 Å². The summed E-state index contributed by atoms with van der Waals surface area (Å²) in [6.07, 6.45) is 0. The first-order valence-electron chi connectivity index (χ1n) is 7.41. The highest BCUT2D eigenvalue weighted by Crippen LogP contribution is 2.29. The normalized spacial score (nSPS) is 17.2. The zero-order valence-corrected chi connectivity index (χ0v) is 14.5. The molecule has 0 aromatic heterocycles. The second kappa shape index (κ2) is 8.72. The molecule has 1 heterocycles. The Hall–Kier alpha value is -2.26. The van der Waals surface area contributed by atoms with Crippen LogP contribution in [0, 0.1) is 0 Å². The van der Waals surface area contributed by atoms with Crippen molar-refractivity contribution in [3.05, 3.63) is 41.1 Å². The Kier molecular flexibility index (Phi) is 6.65. The summed E-state index contributed by atoms with van der Waals surface area (Å²) in [5.41, 5.74) is 1.57. The van der Waals surface area contributed by atoms with Crippen molar-refractivity contribution in [1.82, 2.24) is 10.6 Å². The molecule has 1 aliphatic heterocycles. The number of ether oxygens (including phenoxy) is 3. The maximum atomic E-state index is 12.4. The number of thiocarbonyl (C=S) groups is 1. The molecule has 1 atom stereocenters. The van der Waals surface area contributed by atoms with Crippen LogP contribution in [0.2, 0.25) is 0 Å². The van der Waals surface area contributed by atoms with Gasteiger partial charge in [0, 0.05) is 12.8 Å². The van der Waals surface area contributed by atoms with E-state index in [1.165, 1.54) is 19.2 Å². The summed E-state index contributed by atoms with van der Waals surface area (Å²) >= 11 is 5.14. The Bertz CT molecular complexity index is 665. The molecule has 0 bridgehead atoms. The quantitative estimate of drug-likeness (QED) is 0.432. The monoisotopic (exact) mass is 372 g/mol. The lowest BCUT2D eigenvalue weighted by Gasteiger charge is -2.30. The lowest BCUT2D eigenvalue weighted by atomic mass is 9.95. The molecule has 136 valence electrons. The number of carbonyl (C=O) groups excluding carboxylic acids is 1. The maximum Gasteiger partial charge on any atom is 0.387 e. The second-order valence-electron chi connectivity index (χ2n) is 5.15. The van der Waals surface area contributed by atoms with E-state index in [0.29, 0.717) is 21.9 Å². The third-order valence-electron chi connectivity index (χ3n) is 3.45. The van der Waals surface area contributed by atoms with Gasteiger partial charge in [-0.05, 0) is 36.8 Å². The molecule has 6 nitrogen and oxygen atoms in total. The molecule has 1 aromatic rings. The Morgan fingerprint density at radius 3 is 2.56 bits per heavy atom. The van der Waals surface area contributed by atoms with E-state index in [1.54, 1.807) is 19.1 Å². The second-order valence-corrected chi connectivity index (χ2v) is 5.55. The molecule has 0 radical (unpaired) electrons. The van der Waals surface area contributed by atoms with Crippen LogP contribution in [0.15, 0.2) is 35.5 Å². The minimum absolute atomic E-state index is 0.0279. The summed E-state index contributed by atoms with van der Waals surface area (Å²) in [7, 11) is 1.51. The van der Waals surface area contributed by atoms with E-state index in [9.17, 15) is 13.6 Å². The van der Waals surface area contributed by atoms with Crippen molar-refractivity contribution in [2.45, 2.75) is 19.6 Å². The van der Waals surface area contributed by atoms with Crippen molar-refractivity contribution in [3.63, 3.8) is 0 Å². The summed E-state index contributed by atoms with van der Waals surface area (Å²) in [5.74, 6) is -0.491.